The van der Waals surface area contributed by atoms with Crippen LogP contribution < -0.4 is 4.90 Å². The number of benzene rings is 3. The van der Waals surface area contributed by atoms with E-state index in [9.17, 15) is 22.8 Å². The number of hydrogen-bond donors (Lipinski definition) is 0. The minimum atomic E-state index is -3.91. The summed E-state index contributed by atoms with van der Waals surface area (Å²) in [5.41, 5.74) is 2.43. The normalized spacial score (nSPS) is 17.7. The minimum Gasteiger partial charge on any atom is -0.293 e. The standard InChI is InChI=1S/C28H21ClN2O5S2/c1-16-11-12-21(17(2)13-16)25(32)23-24(18-7-6-8-19(29)14-18)31(27(34)26(23)33)28-30-15-22(37-28)38(35,36)20-9-4-3-5-10-20/h3-15,23-24H,1-2H3. The highest BCUT2D eigenvalue weighted by molar-refractivity contribution is 7.93. The second kappa shape index (κ2) is 9.90. The van der Waals surface area contributed by atoms with E-state index >= 15 is 0 Å². The number of rotatable bonds is 6. The van der Waals surface area contributed by atoms with Gasteiger partial charge in [-0.05, 0) is 49.2 Å². The summed E-state index contributed by atoms with van der Waals surface area (Å²) in [7, 11) is -3.91. The molecule has 1 saturated heterocycles. The predicted molar refractivity (Wildman–Crippen MR) is 144 cm³/mol. The number of anilines is 1. The van der Waals surface area contributed by atoms with E-state index in [1.54, 1.807) is 61.5 Å². The van der Waals surface area contributed by atoms with Gasteiger partial charge in [-0.15, -0.1) is 0 Å². The van der Waals surface area contributed by atoms with Crippen molar-refractivity contribution >= 4 is 55.4 Å². The Morgan fingerprint density at radius 3 is 2.39 bits per heavy atom. The van der Waals surface area contributed by atoms with E-state index in [1.807, 2.05) is 13.0 Å². The van der Waals surface area contributed by atoms with Crippen LogP contribution in [0.15, 0.2) is 88.1 Å². The summed E-state index contributed by atoms with van der Waals surface area (Å²) in [5.74, 6) is -3.68. The molecular formula is C28H21ClN2O5S2. The third-order valence-electron chi connectivity index (χ3n) is 6.42. The third-order valence-corrected chi connectivity index (χ3v) is 9.89. The van der Waals surface area contributed by atoms with E-state index in [0.29, 0.717) is 21.7 Å². The number of halogens is 1. The van der Waals surface area contributed by atoms with Crippen molar-refractivity contribution in [3.8, 4) is 0 Å². The molecular weight excluding hydrogens is 544 g/mol. The van der Waals surface area contributed by atoms with Gasteiger partial charge in [-0.1, -0.05) is 77.0 Å². The number of amides is 1. The van der Waals surface area contributed by atoms with Crippen LogP contribution in [0.5, 0.6) is 0 Å². The number of aromatic nitrogens is 1. The van der Waals surface area contributed by atoms with Crippen LogP contribution in [0.3, 0.4) is 0 Å². The molecule has 10 heteroatoms. The maximum absolute atomic E-state index is 13.8. The van der Waals surface area contributed by atoms with E-state index in [0.717, 1.165) is 28.0 Å². The van der Waals surface area contributed by atoms with Crippen molar-refractivity contribution in [3.63, 3.8) is 0 Å². The molecule has 1 aliphatic rings. The number of carbonyl (C=O) groups is 3. The summed E-state index contributed by atoms with van der Waals surface area (Å²) in [6.07, 6.45) is 1.16. The van der Waals surface area contributed by atoms with Gasteiger partial charge in [0.25, 0.3) is 5.91 Å². The molecule has 1 fully saturated rings. The Labute approximate surface area is 228 Å². The lowest BCUT2D eigenvalue weighted by molar-refractivity contribution is -0.135. The van der Waals surface area contributed by atoms with Gasteiger partial charge in [0.15, 0.2) is 10.9 Å². The van der Waals surface area contributed by atoms with Crippen LogP contribution >= 0.6 is 22.9 Å². The van der Waals surface area contributed by atoms with E-state index in [-0.39, 0.29) is 14.2 Å². The summed E-state index contributed by atoms with van der Waals surface area (Å²) in [5, 5.41) is 0.359. The zero-order chi connectivity index (χ0) is 27.2. The number of ketones is 2. The highest BCUT2D eigenvalue weighted by atomic mass is 35.5. The van der Waals surface area contributed by atoms with E-state index in [2.05, 4.69) is 4.98 Å². The second-order valence-corrected chi connectivity index (χ2v) is 12.6. The summed E-state index contributed by atoms with van der Waals surface area (Å²) >= 11 is 7.01. The molecule has 1 aliphatic heterocycles. The molecule has 0 spiro atoms. The van der Waals surface area contributed by atoms with Crippen molar-refractivity contribution in [1.29, 1.82) is 0 Å². The molecule has 0 radical (unpaired) electrons. The smallest absolute Gasteiger partial charge is 0.293 e. The maximum Gasteiger partial charge on any atom is 0.297 e. The van der Waals surface area contributed by atoms with Crippen LogP contribution in [0.4, 0.5) is 5.13 Å². The van der Waals surface area contributed by atoms with Crippen molar-refractivity contribution in [3.05, 3.63) is 106 Å². The van der Waals surface area contributed by atoms with Gasteiger partial charge in [0.2, 0.25) is 15.6 Å². The van der Waals surface area contributed by atoms with Crippen LogP contribution in [0, 0.1) is 19.8 Å². The van der Waals surface area contributed by atoms with E-state index in [4.69, 9.17) is 11.6 Å². The Kier molecular flexibility index (Phi) is 6.77. The van der Waals surface area contributed by atoms with Gasteiger partial charge in [-0.25, -0.2) is 13.4 Å². The van der Waals surface area contributed by atoms with Crippen LogP contribution in [0.1, 0.15) is 33.1 Å². The van der Waals surface area contributed by atoms with Crippen LogP contribution in [-0.2, 0) is 19.4 Å². The first-order valence-electron chi connectivity index (χ1n) is 11.6. The first-order chi connectivity index (χ1) is 18.1. The van der Waals surface area contributed by atoms with Crippen molar-refractivity contribution in [2.24, 2.45) is 5.92 Å². The molecule has 0 saturated carbocycles. The van der Waals surface area contributed by atoms with E-state index < -0.39 is 39.3 Å². The fraction of sp³-hybridized carbons (Fsp3) is 0.143. The molecule has 38 heavy (non-hydrogen) atoms. The molecule has 192 valence electrons. The molecule has 2 unspecified atom stereocenters. The average Bonchev–Trinajstić information content (AvgIpc) is 3.48. The summed E-state index contributed by atoms with van der Waals surface area (Å²) < 4.78 is 26.2. The number of nitrogens with zero attached hydrogens (tertiary/aromatic N) is 2. The molecule has 0 bridgehead atoms. The number of thiazole rings is 1. The fourth-order valence-electron chi connectivity index (χ4n) is 4.63. The third kappa shape index (κ3) is 4.47. The number of Topliss-reactive ketones (excluding diaryl/α,β-unsaturated/α-hetero) is 2. The molecule has 7 nitrogen and oxygen atoms in total. The molecule has 1 amide bonds. The fourth-order valence-corrected chi connectivity index (χ4v) is 7.41. The van der Waals surface area contributed by atoms with Gasteiger partial charge < -0.3 is 0 Å². The Hall–Kier alpha value is -3.66. The molecule has 5 rings (SSSR count). The Bertz CT molecular complexity index is 1700. The lowest BCUT2D eigenvalue weighted by Crippen LogP contribution is -2.30. The lowest BCUT2D eigenvalue weighted by Gasteiger charge is -2.25. The van der Waals surface area contributed by atoms with E-state index in [1.165, 1.54) is 12.1 Å². The van der Waals surface area contributed by atoms with Crippen LogP contribution in [-0.4, -0.2) is 30.9 Å². The SMILES string of the molecule is Cc1ccc(C(=O)C2C(=O)C(=O)N(c3ncc(S(=O)(=O)c4ccccc4)s3)C2c2cccc(Cl)c2)c(C)c1. The topological polar surface area (TPSA) is 101 Å². The zero-order valence-corrected chi connectivity index (χ0v) is 22.7. The Morgan fingerprint density at radius 1 is 0.974 bits per heavy atom. The summed E-state index contributed by atoms with van der Waals surface area (Å²) in [4.78, 5) is 46.0. The summed E-state index contributed by atoms with van der Waals surface area (Å²) in [6.45, 7) is 3.67. The highest BCUT2D eigenvalue weighted by Crippen LogP contribution is 2.44. The van der Waals surface area contributed by atoms with Crippen molar-refractivity contribution in [1.82, 2.24) is 4.98 Å². The van der Waals surface area contributed by atoms with Crippen molar-refractivity contribution in [2.75, 3.05) is 4.90 Å². The zero-order valence-electron chi connectivity index (χ0n) is 20.3. The first kappa shape index (κ1) is 26.0. The second-order valence-electron chi connectivity index (χ2n) is 8.98. The van der Waals surface area contributed by atoms with Gasteiger partial charge in [0.05, 0.1) is 17.1 Å². The molecule has 3 aromatic carbocycles. The van der Waals surface area contributed by atoms with Crippen LogP contribution in [0.2, 0.25) is 5.02 Å². The monoisotopic (exact) mass is 564 g/mol. The summed E-state index contributed by atoms with van der Waals surface area (Å²) in [6, 6.07) is 18.6. The molecule has 0 N–H and O–H groups in total. The van der Waals surface area contributed by atoms with Gasteiger partial charge in [0, 0.05) is 10.6 Å². The molecule has 2 atom stereocenters. The van der Waals surface area contributed by atoms with Gasteiger partial charge in [0.1, 0.15) is 10.1 Å². The number of aryl methyl sites for hydroxylation is 2. The Morgan fingerprint density at radius 2 is 1.71 bits per heavy atom. The molecule has 0 aliphatic carbocycles. The molecule has 4 aromatic rings. The maximum atomic E-state index is 13.8. The number of sulfone groups is 1. The number of hydrogen-bond acceptors (Lipinski definition) is 7. The molecule has 1 aromatic heterocycles. The van der Waals surface area contributed by atoms with Crippen molar-refractivity contribution < 1.29 is 22.8 Å². The van der Waals surface area contributed by atoms with Gasteiger partial charge >= 0.3 is 0 Å². The average molecular weight is 565 g/mol. The quantitative estimate of drug-likeness (QED) is 0.176. The highest BCUT2D eigenvalue weighted by Gasteiger charge is 2.53. The number of carbonyl (C=O) groups excluding carboxylic acids is 3. The largest absolute Gasteiger partial charge is 0.297 e. The molecule has 2 heterocycles. The van der Waals surface area contributed by atoms with Crippen molar-refractivity contribution in [2.45, 2.75) is 29.0 Å². The van der Waals surface area contributed by atoms with Crippen LogP contribution in [0.25, 0.3) is 0 Å². The first-order valence-corrected chi connectivity index (χ1v) is 14.3. The van der Waals surface area contributed by atoms with Gasteiger partial charge in [-0.3, -0.25) is 19.3 Å². The van der Waals surface area contributed by atoms with Gasteiger partial charge in [-0.2, -0.15) is 0 Å². The lowest BCUT2D eigenvalue weighted by atomic mass is 9.85. The minimum absolute atomic E-state index is 0.00115. The predicted octanol–water partition coefficient (Wildman–Crippen LogP) is 5.40. The Balaban J connectivity index is 1.63.